The van der Waals surface area contributed by atoms with Crippen LogP contribution in [0, 0.1) is 0 Å². The Hall–Kier alpha value is -3.35. The summed E-state index contributed by atoms with van der Waals surface area (Å²) in [7, 11) is 0. The first-order chi connectivity index (χ1) is 14.9. The van der Waals surface area contributed by atoms with Crippen molar-refractivity contribution in [3.8, 4) is 0 Å². The summed E-state index contributed by atoms with van der Waals surface area (Å²) >= 11 is 0. The van der Waals surface area contributed by atoms with Gasteiger partial charge in [-0.25, -0.2) is 4.79 Å². The highest BCUT2D eigenvalue weighted by molar-refractivity contribution is 5.95. The molecule has 1 saturated heterocycles. The summed E-state index contributed by atoms with van der Waals surface area (Å²) < 4.78 is 5.00. The highest BCUT2D eigenvalue weighted by Gasteiger charge is 2.36. The summed E-state index contributed by atoms with van der Waals surface area (Å²) in [4.78, 5) is 39.4. The molecule has 7 heteroatoms. The average molecular weight is 424 g/mol. The van der Waals surface area contributed by atoms with Crippen molar-refractivity contribution in [1.82, 2.24) is 0 Å². The Morgan fingerprint density at radius 3 is 2.10 bits per heavy atom. The first kappa shape index (κ1) is 22.3. The van der Waals surface area contributed by atoms with Crippen LogP contribution in [0.1, 0.15) is 59.5 Å². The minimum absolute atomic E-state index is 0.265. The van der Waals surface area contributed by atoms with Gasteiger partial charge in [0.2, 0.25) is 11.8 Å². The van der Waals surface area contributed by atoms with Crippen LogP contribution in [0.5, 0.6) is 0 Å². The van der Waals surface area contributed by atoms with E-state index in [0.717, 1.165) is 31.6 Å². The van der Waals surface area contributed by atoms with Crippen LogP contribution in [0.25, 0.3) is 0 Å². The van der Waals surface area contributed by atoms with E-state index in [0.29, 0.717) is 16.7 Å². The number of nitrogens with two attached hydrogens (primary N) is 2. The van der Waals surface area contributed by atoms with Crippen LogP contribution in [-0.4, -0.2) is 37.5 Å². The van der Waals surface area contributed by atoms with Crippen LogP contribution in [-0.2, 0) is 14.3 Å². The van der Waals surface area contributed by atoms with Crippen LogP contribution < -0.4 is 16.4 Å². The largest absolute Gasteiger partial charge is 0.462 e. The van der Waals surface area contributed by atoms with E-state index in [4.69, 9.17) is 16.2 Å². The van der Waals surface area contributed by atoms with E-state index in [1.54, 1.807) is 31.2 Å². The van der Waals surface area contributed by atoms with Crippen LogP contribution in [0.3, 0.4) is 0 Å². The molecule has 2 unspecified atom stereocenters. The normalized spacial score (nSPS) is 15.7. The fraction of sp³-hybridized carbons (Fsp3) is 0.375. The third-order valence-corrected chi connectivity index (χ3v) is 5.70. The molecule has 2 aromatic rings. The summed E-state index contributed by atoms with van der Waals surface area (Å²) in [5.74, 6) is -3.61. The van der Waals surface area contributed by atoms with Crippen molar-refractivity contribution in [3.05, 3.63) is 65.2 Å². The lowest BCUT2D eigenvalue weighted by molar-refractivity contribution is -0.126. The van der Waals surface area contributed by atoms with E-state index in [9.17, 15) is 14.4 Å². The van der Waals surface area contributed by atoms with Crippen molar-refractivity contribution >= 4 is 23.5 Å². The molecule has 1 fully saturated rings. The van der Waals surface area contributed by atoms with Gasteiger partial charge in [-0.2, -0.15) is 0 Å². The number of hydrogen-bond donors (Lipinski definition) is 2. The van der Waals surface area contributed by atoms with Crippen LogP contribution in [0.15, 0.2) is 48.5 Å². The maximum absolute atomic E-state index is 12.6. The predicted octanol–water partition coefficient (Wildman–Crippen LogP) is 2.69. The van der Waals surface area contributed by atoms with E-state index in [-0.39, 0.29) is 6.61 Å². The number of amides is 2. The van der Waals surface area contributed by atoms with Gasteiger partial charge in [-0.3, -0.25) is 9.59 Å². The number of ether oxygens (including phenoxy) is 1. The maximum Gasteiger partial charge on any atom is 0.338 e. The van der Waals surface area contributed by atoms with Gasteiger partial charge in [-0.1, -0.05) is 30.3 Å². The second-order valence-electron chi connectivity index (χ2n) is 7.71. The Morgan fingerprint density at radius 1 is 0.903 bits per heavy atom. The summed E-state index contributed by atoms with van der Waals surface area (Å²) in [6.07, 6.45) is 3.32. The van der Waals surface area contributed by atoms with Crippen molar-refractivity contribution in [2.75, 3.05) is 24.6 Å². The number of piperidine rings is 1. The molecule has 0 aliphatic carbocycles. The van der Waals surface area contributed by atoms with Gasteiger partial charge < -0.3 is 21.1 Å². The number of anilines is 1. The minimum Gasteiger partial charge on any atom is -0.462 e. The smallest absolute Gasteiger partial charge is 0.338 e. The molecule has 3 rings (SSSR count). The number of nitrogens with zero attached hydrogens (tertiary/aromatic N) is 1. The van der Waals surface area contributed by atoms with Gasteiger partial charge in [0.15, 0.2) is 0 Å². The van der Waals surface area contributed by atoms with Crippen molar-refractivity contribution in [2.24, 2.45) is 11.5 Å². The molecule has 2 amide bonds. The second kappa shape index (κ2) is 10.1. The molecule has 2 aromatic carbocycles. The Morgan fingerprint density at radius 2 is 1.52 bits per heavy atom. The van der Waals surface area contributed by atoms with E-state index in [2.05, 4.69) is 4.90 Å². The standard InChI is InChI=1S/C24H29N3O4/c1-2-31-24(30)17-12-10-16(11-13-17)20(22(25)28)21(23(26)29)18-8-4-5-9-19(18)27-14-6-3-7-15-27/h4-5,8-13,20-21H,2-3,6-7,14-15H2,1H3,(H2,25,28)(H2,26,29). The highest BCUT2D eigenvalue weighted by atomic mass is 16.5. The van der Waals surface area contributed by atoms with Crippen LogP contribution in [0.4, 0.5) is 5.69 Å². The lowest BCUT2D eigenvalue weighted by atomic mass is 9.79. The molecule has 0 saturated carbocycles. The zero-order valence-corrected chi connectivity index (χ0v) is 17.8. The third kappa shape index (κ3) is 5.05. The maximum atomic E-state index is 12.6. The molecular weight excluding hydrogens is 394 g/mol. The first-order valence-corrected chi connectivity index (χ1v) is 10.6. The highest BCUT2D eigenvalue weighted by Crippen LogP contribution is 2.38. The molecule has 2 atom stereocenters. The van der Waals surface area contributed by atoms with Crippen molar-refractivity contribution in [1.29, 1.82) is 0 Å². The molecule has 0 radical (unpaired) electrons. The lowest BCUT2D eigenvalue weighted by Crippen LogP contribution is -2.37. The molecule has 164 valence electrons. The monoisotopic (exact) mass is 423 g/mol. The number of carbonyl (C=O) groups excluding carboxylic acids is 3. The quantitative estimate of drug-likeness (QED) is 0.633. The fourth-order valence-corrected chi connectivity index (χ4v) is 4.23. The van der Waals surface area contributed by atoms with Crippen molar-refractivity contribution in [3.63, 3.8) is 0 Å². The molecule has 7 nitrogen and oxygen atoms in total. The molecule has 0 spiro atoms. The van der Waals surface area contributed by atoms with Crippen LogP contribution >= 0.6 is 0 Å². The SMILES string of the molecule is CCOC(=O)c1ccc(C(C(N)=O)C(C(N)=O)c2ccccc2N2CCCCC2)cc1. The molecule has 1 aliphatic heterocycles. The topological polar surface area (TPSA) is 116 Å². The van der Waals surface area contributed by atoms with E-state index in [1.165, 1.54) is 6.42 Å². The van der Waals surface area contributed by atoms with Gasteiger partial charge in [0, 0.05) is 18.8 Å². The number of carbonyl (C=O) groups is 3. The zero-order chi connectivity index (χ0) is 22.4. The molecule has 1 aliphatic rings. The van der Waals surface area contributed by atoms with Gasteiger partial charge in [-0.15, -0.1) is 0 Å². The van der Waals surface area contributed by atoms with E-state index >= 15 is 0 Å². The Labute approximate surface area is 182 Å². The van der Waals surface area contributed by atoms with Gasteiger partial charge in [0.05, 0.1) is 24.0 Å². The molecule has 31 heavy (non-hydrogen) atoms. The molecule has 0 aromatic heterocycles. The lowest BCUT2D eigenvalue weighted by Gasteiger charge is -2.33. The molecule has 4 N–H and O–H groups in total. The van der Waals surface area contributed by atoms with Gasteiger partial charge >= 0.3 is 5.97 Å². The molecule has 1 heterocycles. The van der Waals surface area contributed by atoms with Crippen LogP contribution in [0.2, 0.25) is 0 Å². The van der Waals surface area contributed by atoms with Gasteiger partial charge in [0.25, 0.3) is 0 Å². The zero-order valence-electron chi connectivity index (χ0n) is 17.8. The second-order valence-corrected chi connectivity index (χ2v) is 7.71. The van der Waals surface area contributed by atoms with Gasteiger partial charge in [-0.05, 0) is 55.5 Å². The Balaban J connectivity index is 2.01. The summed E-state index contributed by atoms with van der Waals surface area (Å²) in [6, 6.07) is 13.9. The fourth-order valence-electron chi connectivity index (χ4n) is 4.23. The van der Waals surface area contributed by atoms with E-state index in [1.807, 2.05) is 24.3 Å². The first-order valence-electron chi connectivity index (χ1n) is 10.6. The summed E-state index contributed by atoms with van der Waals surface area (Å²) in [5, 5.41) is 0. The third-order valence-electron chi connectivity index (χ3n) is 5.70. The number of esters is 1. The van der Waals surface area contributed by atoms with E-state index < -0.39 is 29.6 Å². The van der Waals surface area contributed by atoms with Crippen molar-refractivity contribution < 1.29 is 19.1 Å². The molecule has 0 bridgehead atoms. The predicted molar refractivity (Wildman–Crippen MR) is 119 cm³/mol. The summed E-state index contributed by atoms with van der Waals surface area (Å²) in [5.41, 5.74) is 14.1. The van der Waals surface area contributed by atoms with Crippen molar-refractivity contribution in [2.45, 2.75) is 38.0 Å². The number of benzene rings is 2. The minimum atomic E-state index is -0.959. The Bertz CT molecular complexity index is 936. The number of para-hydroxylation sites is 1. The summed E-state index contributed by atoms with van der Waals surface area (Å²) in [6.45, 7) is 3.77. The van der Waals surface area contributed by atoms with Gasteiger partial charge in [0.1, 0.15) is 0 Å². The number of rotatable bonds is 8. The molecular formula is C24H29N3O4. The average Bonchev–Trinajstić information content (AvgIpc) is 2.78. The number of hydrogen-bond acceptors (Lipinski definition) is 5. The Kier molecular flexibility index (Phi) is 7.28. The number of primary amides is 2.